The molecule has 1 aromatic carbocycles. The number of thioether (sulfide) groups is 1. The zero-order chi connectivity index (χ0) is 13.4. The molecule has 1 amide bonds. The highest BCUT2D eigenvalue weighted by Gasteiger charge is 2.08. The van der Waals surface area contributed by atoms with Crippen LogP contribution in [0.3, 0.4) is 0 Å². The monoisotopic (exact) mass is 268 g/mol. The molecule has 0 saturated carbocycles. The molecule has 0 fully saturated rings. The Morgan fingerprint density at radius 1 is 1.44 bits per heavy atom. The van der Waals surface area contributed by atoms with Gasteiger partial charge in [-0.3, -0.25) is 4.79 Å². The molecule has 0 aliphatic rings. The van der Waals surface area contributed by atoms with Crippen molar-refractivity contribution in [2.75, 3.05) is 37.9 Å². The van der Waals surface area contributed by atoms with Crippen molar-refractivity contribution in [3.05, 3.63) is 24.3 Å². The van der Waals surface area contributed by atoms with E-state index in [-0.39, 0.29) is 5.91 Å². The molecule has 0 saturated heterocycles. The van der Waals surface area contributed by atoms with E-state index in [1.54, 1.807) is 28.8 Å². The minimum atomic E-state index is 0.0959. The quantitative estimate of drug-likeness (QED) is 0.767. The Hall–Kier alpha value is -1.36. The molecule has 18 heavy (non-hydrogen) atoms. The first-order valence-electron chi connectivity index (χ1n) is 5.85. The van der Waals surface area contributed by atoms with Gasteiger partial charge < -0.3 is 15.4 Å². The van der Waals surface area contributed by atoms with Crippen LogP contribution in [-0.4, -0.2) is 43.0 Å². The third-order valence-electron chi connectivity index (χ3n) is 2.55. The van der Waals surface area contributed by atoms with Gasteiger partial charge in [0.25, 0.3) is 0 Å². The van der Waals surface area contributed by atoms with Crippen LogP contribution in [0.4, 0.5) is 5.69 Å². The molecule has 4 nitrogen and oxygen atoms in total. The van der Waals surface area contributed by atoms with Crippen molar-refractivity contribution in [1.82, 2.24) is 4.90 Å². The van der Waals surface area contributed by atoms with Gasteiger partial charge in [0.1, 0.15) is 5.75 Å². The third kappa shape index (κ3) is 4.87. The summed E-state index contributed by atoms with van der Waals surface area (Å²) in [4.78, 5) is 13.5. The number of benzene rings is 1. The summed E-state index contributed by atoms with van der Waals surface area (Å²) in [5.74, 6) is 1.69. The first kappa shape index (κ1) is 14.7. The Balaban J connectivity index is 2.29. The van der Waals surface area contributed by atoms with Crippen LogP contribution in [0.1, 0.15) is 6.42 Å². The first-order valence-corrected chi connectivity index (χ1v) is 7.24. The van der Waals surface area contributed by atoms with Crippen molar-refractivity contribution in [2.24, 2.45) is 0 Å². The van der Waals surface area contributed by atoms with Crippen molar-refractivity contribution in [3.8, 4) is 5.75 Å². The number of nitrogen functional groups attached to an aromatic ring is 1. The molecular formula is C13H20N2O2S. The largest absolute Gasteiger partial charge is 0.491 e. The molecule has 0 radical (unpaired) electrons. The Labute approximate surface area is 112 Å². The highest BCUT2D eigenvalue weighted by atomic mass is 32.2. The standard InChI is InChI=1S/C13H20N2O2S/c1-15(8-10-18-2)13(16)7-9-17-12-6-4-3-5-11(12)14/h3-6H,7-10,14H2,1-2H3. The highest BCUT2D eigenvalue weighted by Crippen LogP contribution is 2.19. The van der Waals surface area contributed by atoms with E-state index >= 15 is 0 Å². The van der Waals surface area contributed by atoms with Crippen LogP contribution < -0.4 is 10.5 Å². The SMILES string of the molecule is CSCCN(C)C(=O)CCOc1ccccc1N. The van der Waals surface area contributed by atoms with Gasteiger partial charge in [-0.25, -0.2) is 0 Å². The molecule has 0 spiro atoms. The number of hydrogen-bond donors (Lipinski definition) is 1. The minimum absolute atomic E-state index is 0.0959. The van der Waals surface area contributed by atoms with Crippen LogP contribution in [0.15, 0.2) is 24.3 Å². The van der Waals surface area contributed by atoms with Crippen molar-refractivity contribution in [1.29, 1.82) is 0 Å². The van der Waals surface area contributed by atoms with E-state index in [0.29, 0.717) is 24.5 Å². The second-order valence-electron chi connectivity index (χ2n) is 3.94. The van der Waals surface area contributed by atoms with Crippen LogP contribution in [0.25, 0.3) is 0 Å². The van der Waals surface area contributed by atoms with E-state index in [4.69, 9.17) is 10.5 Å². The van der Waals surface area contributed by atoms with Crippen LogP contribution in [0.5, 0.6) is 5.75 Å². The lowest BCUT2D eigenvalue weighted by Gasteiger charge is -2.16. The van der Waals surface area contributed by atoms with Gasteiger partial charge in [0, 0.05) is 19.3 Å². The van der Waals surface area contributed by atoms with E-state index in [1.165, 1.54) is 0 Å². The number of carbonyl (C=O) groups is 1. The van der Waals surface area contributed by atoms with Crippen LogP contribution in [0, 0.1) is 0 Å². The van der Waals surface area contributed by atoms with E-state index in [1.807, 2.05) is 25.4 Å². The number of nitrogens with two attached hydrogens (primary N) is 1. The number of para-hydroxylation sites is 2. The zero-order valence-electron chi connectivity index (χ0n) is 10.9. The number of hydrogen-bond acceptors (Lipinski definition) is 4. The topological polar surface area (TPSA) is 55.6 Å². The average molecular weight is 268 g/mol. The maximum atomic E-state index is 11.7. The summed E-state index contributed by atoms with van der Waals surface area (Å²) in [7, 11) is 1.81. The smallest absolute Gasteiger partial charge is 0.225 e. The van der Waals surface area contributed by atoms with Gasteiger partial charge >= 0.3 is 0 Å². The third-order valence-corrected chi connectivity index (χ3v) is 3.14. The fraction of sp³-hybridized carbons (Fsp3) is 0.462. The molecule has 0 aliphatic heterocycles. The second-order valence-corrected chi connectivity index (χ2v) is 4.93. The lowest BCUT2D eigenvalue weighted by atomic mass is 10.3. The Bertz CT molecular complexity index is 385. The molecule has 0 unspecified atom stereocenters. The van der Waals surface area contributed by atoms with Crippen molar-refractivity contribution >= 4 is 23.4 Å². The van der Waals surface area contributed by atoms with Crippen molar-refractivity contribution in [3.63, 3.8) is 0 Å². The van der Waals surface area contributed by atoms with Gasteiger partial charge in [0.05, 0.1) is 18.7 Å². The van der Waals surface area contributed by atoms with Gasteiger partial charge in [-0.2, -0.15) is 11.8 Å². The number of anilines is 1. The summed E-state index contributed by atoms with van der Waals surface area (Å²) in [6.45, 7) is 1.13. The summed E-state index contributed by atoms with van der Waals surface area (Å²) < 4.78 is 5.48. The number of amides is 1. The Kier molecular flexibility index (Phi) is 6.43. The predicted octanol–water partition coefficient (Wildman–Crippen LogP) is 1.86. The van der Waals surface area contributed by atoms with Crippen LogP contribution in [-0.2, 0) is 4.79 Å². The molecule has 5 heteroatoms. The molecule has 0 heterocycles. The molecule has 1 aromatic rings. The summed E-state index contributed by atoms with van der Waals surface area (Å²) in [6.07, 6.45) is 2.40. The average Bonchev–Trinajstić information content (AvgIpc) is 2.38. The number of rotatable bonds is 7. The summed E-state index contributed by atoms with van der Waals surface area (Å²) in [5, 5.41) is 0. The molecule has 100 valence electrons. The minimum Gasteiger partial charge on any atom is -0.491 e. The predicted molar refractivity (Wildman–Crippen MR) is 77.0 cm³/mol. The fourth-order valence-electron chi connectivity index (χ4n) is 1.40. The zero-order valence-corrected chi connectivity index (χ0v) is 11.7. The Morgan fingerprint density at radius 2 is 2.17 bits per heavy atom. The number of nitrogens with zero attached hydrogens (tertiary/aromatic N) is 1. The van der Waals surface area contributed by atoms with E-state index < -0.39 is 0 Å². The maximum absolute atomic E-state index is 11.7. The van der Waals surface area contributed by atoms with Gasteiger partial charge in [-0.1, -0.05) is 12.1 Å². The summed E-state index contributed by atoms with van der Waals surface area (Å²) >= 11 is 1.73. The van der Waals surface area contributed by atoms with Gasteiger partial charge in [0.2, 0.25) is 5.91 Å². The lowest BCUT2D eigenvalue weighted by molar-refractivity contribution is -0.130. The van der Waals surface area contributed by atoms with Gasteiger partial charge in [-0.15, -0.1) is 0 Å². The number of carbonyl (C=O) groups excluding carboxylic acids is 1. The fourth-order valence-corrected chi connectivity index (χ4v) is 1.86. The normalized spacial score (nSPS) is 10.1. The van der Waals surface area contributed by atoms with E-state index in [0.717, 1.165) is 12.3 Å². The lowest BCUT2D eigenvalue weighted by Crippen LogP contribution is -2.29. The molecular weight excluding hydrogens is 248 g/mol. The van der Waals surface area contributed by atoms with Crippen LogP contribution >= 0.6 is 11.8 Å². The molecule has 2 N–H and O–H groups in total. The molecule has 0 atom stereocenters. The molecule has 0 bridgehead atoms. The summed E-state index contributed by atoms with van der Waals surface area (Å²) in [5.41, 5.74) is 6.34. The van der Waals surface area contributed by atoms with Crippen molar-refractivity contribution in [2.45, 2.75) is 6.42 Å². The maximum Gasteiger partial charge on any atom is 0.225 e. The van der Waals surface area contributed by atoms with Gasteiger partial charge in [-0.05, 0) is 18.4 Å². The van der Waals surface area contributed by atoms with Gasteiger partial charge in [0.15, 0.2) is 0 Å². The Morgan fingerprint density at radius 3 is 2.83 bits per heavy atom. The highest BCUT2D eigenvalue weighted by molar-refractivity contribution is 7.98. The number of ether oxygens (including phenoxy) is 1. The molecule has 1 rings (SSSR count). The van der Waals surface area contributed by atoms with Crippen molar-refractivity contribution < 1.29 is 9.53 Å². The summed E-state index contributed by atoms with van der Waals surface area (Å²) in [6, 6.07) is 7.29. The second kappa shape index (κ2) is 7.87. The van der Waals surface area contributed by atoms with E-state index in [9.17, 15) is 4.79 Å². The van der Waals surface area contributed by atoms with E-state index in [2.05, 4.69) is 0 Å². The van der Waals surface area contributed by atoms with Crippen LogP contribution in [0.2, 0.25) is 0 Å². The first-order chi connectivity index (χ1) is 8.65. The molecule has 0 aromatic heterocycles. The molecule has 0 aliphatic carbocycles.